The predicted molar refractivity (Wildman–Crippen MR) is 193 cm³/mol. The number of rotatable bonds is 4. The van der Waals surface area contributed by atoms with E-state index in [0.717, 1.165) is 39.2 Å². The first-order valence-electron chi connectivity index (χ1n) is 15.9. The fraction of sp³-hybridized carbons (Fsp3) is 0. The van der Waals surface area contributed by atoms with Crippen LogP contribution in [0.5, 0.6) is 0 Å². The van der Waals surface area contributed by atoms with E-state index in [1.165, 1.54) is 43.6 Å². The van der Waals surface area contributed by atoms with E-state index in [9.17, 15) is 0 Å². The molecule has 0 amide bonds. The zero-order valence-corrected chi connectivity index (χ0v) is 25.3. The Bertz CT molecular complexity index is 2780. The Morgan fingerprint density at radius 3 is 1.68 bits per heavy atom. The summed E-state index contributed by atoms with van der Waals surface area (Å²) in [6, 6.07) is 58.0. The maximum atomic E-state index is 4.85. The molecule has 0 fully saturated rings. The van der Waals surface area contributed by atoms with E-state index in [2.05, 4.69) is 143 Å². The van der Waals surface area contributed by atoms with E-state index < -0.39 is 0 Å². The van der Waals surface area contributed by atoms with Crippen molar-refractivity contribution in [1.82, 2.24) is 24.1 Å². The molecule has 0 aliphatic carbocycles. The molecule has 220 valence electrons. The Morgan fingerprint density at radius 1 is 0.362 bits per heavy atom. The fourth-order valence-corrected chi connectivity index (χ4v) is 7.22. The van der Waals surface area contributed by atoms with Crippen molar-refractivity contribution in [2.24, 2.45) is 0 Å². The van der Waals surface area contributed by atoms with Crippen LogP contribution in [0.3, 0.4) is 0 Å². The SMILES string of the molecule is c1ccc(-n2nc3ccc(-c4ccccc4-n4c5ccccc5c5cc6c7ccccc7n(-c7ccccc7)c6cc54)cc3n2)cc1. The van der Waals surface area contributed by atoms with Crippen molar-refractivity contribution < 1.29 is 0 Å². The molecule has 0 atom stereocenters. The van der Waals surface area contributed by atoms with Gasteiger partial charge in [0.25, 0.3) is 0 Å². The van der Waals surface area contributed by atoms with Gasteiger partial charge in [0.1, 0.15) is 11.0 Å². The molecule has 47 heavy (non-hydrogen) atoms. The number of aromatic nitrogens is 5. The number of fused-ring (bicyclic) bond motifs is 7. The highest BCUT2D eigenvalue weighted by atomic mass is 15.5. The quantitative estimate of drug-likeness (QED) is 0.201. The fourth-order valence-electron chi connectivity index (χ4n) is 7.22. The molecule has 3 heterocycles. The number of para-hydroxylation sites is 5. The molecule has 0 spiro atoms. The predicted octanol–water partition coefficient (Wildman–Crippen LogP) is 10.3. The van der Waals surface area contributed by atoms with Gasteiger partial charge in [0.15, 0.2) is 0 Å². The van der Waals surface area contributed by atoms with Gasteiger partial charge < -0.3 is 9.13 Å². The lowest BCUT2D eigenvalue weighted by molar-refractivity contribution is 0.766. The highest BCUT2D eigenvalue weighted by Gasteiger charge is 2.20. The average molecular weight is 602 g/mol. The van der Waals surface area contributed by atoms with E-state index in [1.54, 1.807) is 4.80 Å². The van der Waals surface area contributed by atoms with Crippen molar-refractivity contribution in [2.75, 3.05) is 0 Å². The zero-order valence-electron chi connectivity index (χ0n) is 25.3. The lowest BCUT2D eigenvalue weighted by atomic mass is 10.0. The third-order valence-electron chi connectivity index (χ3n) is 9.30. The molecule has 0 bridgehead atoms. The smallest absolute Gasteiger partial charge is 0.114 e. The van der Waals surface area contributed by atoms with Gasteiger partial charge in [-0.25, -0.2) is 0 Å². The molecule has 0 aliphatic rings. The second-order valence-corrected chi connectivity index (χ2v) is 12.0. The van der Waals surface area contributed by atoms with E-state index >= 15 is 0 Å². The largest absolute Gasteiger partial charge is 0.309 e. The lowest BCUT2D eigenvalue weighted by Gasteiger charge is -2.14. The van der Waals surface area contributed by atoms with E-state index in [1.807, 2.05) is 30.3 Å². The van der Waals surface area contributed by atoms with Crippen LogP contribution in [0.2, 0.25) is 0 Å². The van der Waals surface area contributed by atoms with Crippen LogP contribution < -0.4 is 0 Å². The van der Waals surface area contributed by atoms with Gasteiger partial charge in [-0.3, -0.25) is 0 Å². The van der Waals surface area contributed by atoms with E-state index in [0.29, 0.717) is 0 Å². The standard InChI is InChI=1S/C42H27N5/c1-3-13-29(14-4-1)45-39-21-11-8-18-32(39)34-26-35-33-19-9-12-22-40(33)46(42(35)27-41(34)45)38-20-10-7-17-31(38)28-23-24-36-37(25-28)44-47(43-36)30-15-5-2-6-16-30/h1-27H. The van der Waals surface area contributed by atoms with Crippen LogP contribution in [0.1, 0.15) is 0 Å². The van der Waals surface area contributed by atoms with Crippen molar-refractivity contribution in [3.8, 4) is 28.2 Å². The van der Waals surface area contributed by atoms with Gasteiger partial charge in [-0.05, 0) is 72.3 Å². The zero-order chi connectivity index (χ0) is 30.9. The van der Waals surface area contributed by atoms with Gasteiger partial charge in [-0.2, -0.15) is 4.80 Å². The second-order valence-electron chi connectivity index (χ2n) is 12.0. The minimum absolute atomic E-state index is 0.859. The minimum Gasteiger partial charge on any atom is -0.309 e. The van der Waals surface area contributed by atoms with Gasteiger partial charge in [0, 0.05) is 32.8 Å². The van der Waals surface area contributed by atoms with Crippen LogP contribution in [0.15, 0.2) is 164 Å². The topological polar surface area (TPSA) is 40.6 Å². The Labute approximate surface area is 270 Å². The summed E-state index contributed by atoms with van der Waals surface area (Å²) in [5.74, 6) is 0. The molecule has 0 saturated carbocycles. The van der Waals surface area contributed by atoms with Crippen LogP contribution in [0.25, 0.3) is 82.8 Å². The monoisotopic (exact) mass is 601 g/mol. The molecule has 5 heteroatoms. The minimum atomic E-state index is 0.859. The van der Waals surface area contributed by atoms with Gasteiger partial charge in [-0.15, -0.1) is 10.2 Å². The Morgan fingerprint density at radius 2 is 0.936 bits per heavy atom. The normalized spacial score (nSPS) is 11.8. The highest BCUT2D eigenvalue weighted by Crippen LogP contribution is 2.41. The lowest BCUT2D eigenvalue weighted by Crippen LogP contribution is -1.98. The van der Waals surface area contributed by atoms with Gasteiger partial charge in [0.2, 0.25) is 0 Å². The number of hydrogen-bond acceptors (Lipinski definition) is 2. The molecule has 0 N–H and O–H groups in total. The van der Waals surface area contributed by atoms with Gasteiger partial charge >= 0.3 is 0 Å². The molecule has 0 unspecified atom stereocenters. The first-order chi connectivity index (χ1) is 23.3. The van der Waals surface area contributed by atoms with Crippen molar-refractivity contribution in [1.29, 1.82) is 0 Å². The Hall–Kier alpha value is -6.46. The summed E-state index contributed by atoms with van der Waals surface area (Å²) in [6.07, 6.45) is 0. The molecule has 10 aromatic rings. The van der Waals surface area contributed by atoms with E-state index in [-0.39, 0.29) is 0 Å². The summed E-state index contributed by atoms with van der Waals surface area (Å²) in [5.41, 5.74) is 11.9. The third-order valence-corrected chi connectivity index (χ3v) is 9.30. The molecule has 0 saturated heterocycles. The Balaban J connectivity index is 1.25. The molecule has 5 nitrogen and oxygen atoms in total. The van der Waals surface area contributed by atoms with Crippen LogP contribution in [0.4, 0.5) is 0 Å². The number of benzene rings is 7. The highest BCUT2D eigenvalue weighted by molar-refractivity contribution is 6.19. The molecule has 3 aromatic heterocycles. The van der Waals surface area contributed by atoms with Gasteiger partial charge in [0.05, 0.1) is 33.4 Å². The van der Waals surface area contributed by atoms with Crippen LogP contribution in [0, 0.1) is 0 Å². The maximum absolute atomic E-state index is 4.85. The molecular weight excluding hydrogens is 574 g/mol. The third kappa shape index (κ3) is 3.90. The summed E-state index contributed by atoms with van der Waals surface area (Å²) in [7, 11) is 0. The summed E-state index contributed by atoms with van der Waals surface area (Å²) in [5, 5.41) is 14.6. The second kappa shape index (κ2) is 10.0. The van der Waals surface area contributed by atoms with Crippen molar-refractivity contribution >= 4 is 54.6 Å². The first-order valence-corrected chi connectivity index (χ1v) is 15.9. The molecular formula is C42H27N5. The van der Waals surface area contributed by atoms with Crippen molar-refractivity contribution in [2.45, 2.75) is 0 Å². The van der Waals surface area contributed by atoms with E-state index in [4.69, 9.17) is 10.2 Å². The van der Waals surface area contributed by atoms with Crippen LogP contribution in [-0.2, 0) is 0 Å². The molecule has 7 aromatic carbocycles. The van der Waals surface area contributed by atoms with Crippen LogP contribution in [-0.4, -0.2) is 24.1 Å². The van der Waals surface area contributed by atoms with Crippen molar-refractivity contribution in [3.63, 3.8) is 0 Å². The Kier molecular flexibility index (Phi) is 5.51. The summed E-state index contributed by atoms with van der Waals surface area (Å²) in [4.78, 5) is 1.71. The molecule has 10 rings (SSSR count). The molecule has 0 aliphatic heterocycles. The van der Waals surface area contributed by atoms with Crippen LogP contribution >= 0.6 is 0 Å². The maximum Gasteiger partial charge on any atom is 0.114 e. The number of nitrogens with zero attached hydrogens (tertiary/aromatic N) is 5. The average Bonchev–Trinajstić information content (AvgIpc) is 3.81. The summed E-state index contributed by atoms with van der Waals surface area (Å²) in [6.45, 7) is 0. The summed E-state index contributed by atoms with van der Waals surface area (Å²) < 4.78 is 4.82. The first kappa shape index (κ1) is 25.8. The summed E-state index contributed by atoms with van der Waals surface area (Å²) >= 11 is 0. The van der Waals surface area contributed by atoms with Gasteiger partial charge in [-0.1, -0.05) is 97.1 Å². The number of hydrogen-bond donors (Lipinski definition) is 0. The molecule has 0 radical (unpaired) electrons. The van der Waals surface area contributed by atoms with Crippen molar-refractivity contribution in [3.05, 3.63) is 164 Å².